The first kappa shape index (κ1) is 21.3. The number of nitrogen functional groups attached to an aromatic ring is 1. The minimum absolute atomic E-state index is 0.0755. The first-order valence-electron chi connectivity index (χ1n) is 9.89. The van der Waals surface area contributed by atoms with Crippen LogP contribution in [0.4, 0.5) is 23.7 Å². The van der Waals surface area contributed by atoms with Gasteiger partial charge in [-0.1, -0.05) is 66.4 Å². The zero-order chi connectivity index (χ0) is 22.7. The lowest BCUT2D eigenvalue weighted by Gasteiger charge is -2.14. The van der Waals surface area contributed by atoms with Gasteiger partial charge < -0.3 is 15.8 Å². The van der Waals surface area contributed by atoms with Crippen LogP contribution in [0.15, 0.2) is 66.7 Å². The van der Waals surface area contributed by atoms with Crippen molar-refractivity contribution in [1.29, 1.82) is 0 Å². The van der Waals surface area contributed by atoms with Gasteiger partial charge in [0.15, 0.2) is 0 Å². The number of hydrogen-bond donors (Lipinski definition) is 2. The zero-order valence-electron chi connectivity index (χ0n) is 16.9. The van der Waals surface area contributed by atoms with Gasteiger partial charge in [0, 0.05) is 11.6 Å². The number of benzene rings is 3. The summed E-state index contributed by atoms with van der Waals surface area (Å²) in [6, 6.07) is 19.4. The summed E-state index contributed by atoms with van der Waals surface area (Å²) in [6.07, 6.45) is -5.27. The standard InChI is InChI=1S/C25H19F3N2O2/c26-25(27,28)22-12-5-13-23(29)20(22)11-6-14-30-24(31)32-15-21-18-9-3-1-7-16(18)17-8-2-4-10-19(17)21/h1-5,7-10,12-13,21H,14-15,29H2,(H,30,31). The number of alkyl carbamates (subject to hydrolysis) is 1. The number of nitrogens with two attached hydrogens (primary N) is 1. The number of halogens is 3. The van der Waals surface area contributed by atoms with E-state index < -0.39 is 17.8 Å². The van der Waals surface area contributed by atoms with Crippen LogP contribution in [0.5, 0.6) is 0 Å². The summed E-state index contributed by atoms with van der Waals surface area (Å²) in [5.74, 6) is 4.82. The fourth-order valence-corrected chi connectivity index (χ4v) is 3.84. The van der Waals surface area contributed by atoms with E-state index in [1.54, 1.807) is 0 Å². The van der Waals surface area contributed by atoms with Gasteiger partial charge in [-0.3, -0.25) is 0 Å². The Kier molecular flexibility index (Phi) is 5.78. The van der Waals surface area contributed by atoms with E-state index in [2.05, 4.69) is 17.2 Å². The highest BCUT2D eigenvalue weighted by Crippen LogP contribution is 2.44. The first-order valence-corrected chi connectivity index (χ1v) is 9.89. The van der Waals surface area contributed by atoms with Crippen LogP contribution < -0.4 is 11.1 Å². The van der Waals surface area contributed by atoms with E-state index in [0.29, 0.717) is 0 Å². The molecular formula is C25H19F3N2O2. The molecule has 0 atom stereocenters. The third kappa shape index (κ3) is 4.26. The molecular weight excluding hydrogens is 417 g/mol. The van der Waals surface area contributed by atoms with Crippen LogP contribution in [-0.4, -0.2) is 19.2 Å². The second kappa shape index (κ2) is 8.67. The normalized spacial score (nSPS) is 12.3. The second-order valence-corrected chi connectivity index (χ2v) is 7.25. The van der Waals surface area contributed by atoms with Crippen LogP contribution in [0, 0.1) is 11.8 Å². The van der Waals surface area contributed by atoms with Gasteiger partial charge in [0.05, 0.1) is 17.7 Å². The molecule has 4 nitrogen and oxygen atoms in total. The molecule has 1 amide bonds. The van der Waals surface area contributed by atoms with E-state index >= 15 is 0 Å². The number of nitrogens with one attached hydrogen (secondary N) is 1. The molecule has 1 aliphatic rings. The van der Waals surface area contributed by atoms with Crippen molar-refractivity contribution in [1.82, 2.24) is 5.32 Å². The Morgan fingerprint density at radius 2 is 1.59 bits per heavy atom. The minimum Gasteiger partial charge on any atom is -0.449 e. The molecule has 3 aromatic carbocycles. The molecule has 3 N–H and O–H groups in total. The van der Waals surface area contributed by atoms with Gasteiger partial charge in [-0.2, -0.15) is 13.2 Å². The van der Waals surface area contributed by atoms with Gasteiger partial charge >= 0.3 is 12.3 Å². The second-order valence-electron chi connectivity index (χ2n) is 7.25. The molecule has 0 aromatic heterocycles. The van der Waals surface area contributed by atoms with Gasteiger partial charge in [0.1, 0.15) is 6.61 Å². The average Bonchev–Trinajstić information content (AvgIpc) is 3.09. The molecule has 0 bridgehead atoms. The van der Waals surface area contributed by atoms with Crippen LogP contribution in [0.25, 0.3) is 11.1 Å². The number of fused-ring (bicyclic) bond motifs is 3. The third-order valence-electron chi connectivity index (χ3n) is 5.28. The van der Waals surface area contributed by atoms with Crippen molar-refractivity contribution in [3.8, 4) is 23.0 Å². The summed E-state index contributed by atoms with van der Waals surface area (Å²) < 4.78 is 44.7. The summed E-state index contributed by atoms with van der Waals surface area (Å²) >= 11 is 0. The Morgan fingerprint density at radius 3 is 2.22 bits per heavy atom. The van der Waals surface area contributed by atoms with Gasteiger partial charge in [-0.05, 0) is 34.4 Å². The highest BCUT2D eigenvalue weighted by Gasteiger charge is 2.33. The molecule has 3 aromatic rings. The van der Waals surface area contributed by atoms with Gasteiger partial charge in [0.25, 0.3) is 0 Å². The van der Waals surface area contributed by atoms with Crippen molar-refractivity contribution in [3.63, 3.8) is 0 Å². The largest absolute Gasteiger partial charge is 0.449 e. The summed E-state index contributed by atoms with van der Waals surface area (Å²) in [5, 5.41) is 2.45. The molecule has 7 heteroatoms. The predicted molar refractivity (Wildman–Crippen MR) is 116 cm³/mol. The van der Waals surface area contributed by atoms with Crippen LogP contribution in [-0.2, 0) is 10.9 Å². The van der Waals surface area contributed by atoms with Crippen LogP contribution in [0.3, 0.4) is 0 Å². The van der Waals surface area contributed by atoms with E-state index in [1.165, 1.54) is 12.1 Å². The zero-order valence-corrected chi connectivity index (χ0v) is 16.9. The highest BCUT2D eigenvalue weighted by molar-refractivity contribution is 5.79. The van der Waals surface area contributed by atoms with Gasteiger partial charge in [-0.25, -0.2) is 4.79 Å². The van der Waals surface area contributed by atoms with E-state index in [-0.39, 0.29) is 30.3 Å². The highest BCUT2D eigenvalue weighted by atomic mass is 19.4. The van der Waals surface area contributed by atoms with Gasteiger partial charge in [0.2, 0.25) is 0 Å². The molecule has 32 heavy (non-hydrogen) atoms. The van der Waals surface area contributed by atoms with E-state index in [4.69, 9.17) is 10.5 Å². The molecule has 0 fully saturated rings. The lowest BCUT2D eigenvalue weighted by atomic mass is 9.98. The summed E-state index contributed by atoms with van der Waals surface area (Å²) in [7, 11) is 0. The number of carbonyl (C=O) groups is 1. The van der Waals surface area contributed by atoms with Crippen molar-refractivity contribution in [3.05, 3.63) is 89.0 Å². The molecule has 162 valence electrons. The molecule has 0 spiro atoms. The van der Waals surface area contributed by atoms with Crippen LogP contribution in [0.2, 0.25) is 0 Å². The van der Waals surface area contributed by atoms with Crippen molar-refractivity contribution >= 4 is 11.8 Å². The summed E-state index contributed by atoms with van der Waals surface area (Å²) in [4.78, 5) is 12.1. The summed E-state index contributed by atoms with van der Waals surface area (Å²) in [5.41, 5.74) is 8.74. The molecule has 0 unspecified atom stereocenters. The number of alkyl halides is 3. The molecule has 1 aliphatic carbocycles. The number of hydrogen-bond acceptors (Lipinski definition) is 3. The molecule has 0 aliphatic heterocycles. The Balaban J connectivity index is 1.38. The van der Waals surface area contributed by atoms with Crippen molar-refractivity contribution < 1.29 is 22.7 Å². The fraction of sp³-hybridized carbons (Fsp3) is 0.160. The Bertz CT molecular complexity index is 1180. The lowest BCUT2D eigenvalue weighted by Crippen LogP contribution is -2.26. The van der Waals surface area contributed by atoms with Crippen LogP contribution >= 0.6 is 0 Å². The number of amides is 1. The average molecular weight is 436 g/mol. The number of anilines is 1. The number of rotatable bonds is 3. The SMILES string of the molecule is Nc1cccc(C(F)(F)F)c1C#CCNC(=O)OCC1c2ccccc2-c2ccccc21. The minimum atomic E-state index is -4.57. The van der Waals surface area contributed by atoms with Crippen molar-refractivity contribution in [2.45, 2.75) is 12.1 Å². The number of carbonyl (C=O) groups excluding carboxylic acids is 1. The van der Waals surface area contributed by atoms with E-state index in [9.17, 15) is 18.0 Å². The Labute approximate surface area is 183 Å². The quantitative estimate of drug-likeness (QED) is 0.439. The maximum Gasteiger partial charge on any atom is 0.417 e. The van der Waals surface area contributed by atoms with Crippen molar-refractivity contribution in [2.75, 3.05) is 18.9 Å². The van der Waals surface area contributed by atoms with Crippen LogP contribution in [0.1, 0.15) is 28.2 Å². The predicted octanol–water partition coefficient (Wildman–Crippen LogP) is 5.18. The van der Waals surface area contributed by atoms with E-state index in [1.807, 2.05) is 48.5 Å². The molecule has 0 heterocycles. The molecule has 4 rings (SSSR count). The first-order chi connectivity index (χ1) is 15.4. The maximum absolute atomic E-state index is 13.1. The third-order valence-corrected chi connectivity index (χ3v) is 5.28. The fourth-order valence-electron chi connectivity index (χ4n) is 3.84. The smallest absolute Gasteiger partial charge is 0.417 e. The number of ether oxygens (including phenoxy) is 1. The van der Waals surface area contributed by atoms with Gasteiger partial charge in [-0.15, -0.1) is 0 Å². The van der Waals surface area contributed by atoms with Crippen molar-refractivity contribution in [2.24, 2.45) is 0 Å². The molecule has 0 saturated carbocycles. The summed E-state index contributed by atoms with van der Waals surface area (Å²) in [6.45, 7) is -0.0422. The maximum atomic E-state index is 13.1. The lowest BCUT2D eigenvalue weighted by molar-refractivity contribution is -0.137. The van der Waals surface area contributed by atoms with E-state index in [0.717, 1.165) is 28.3 Å². The molecule has 0 radical (unpaired) electrons. The Morgan fingerprint density at radius 1 is 0.969 bits per heavy atom. The monoisotopic (exact) mass is 436 g/mol. The topological polar surface area (TPSA) is 64.3 Å². The Hall–Kier alpha value is -3.92. The molecule has 0 saturated heterocycles.